The third-order valence-electron chi connectivity index (χ3n) is 15.6. The van der Waals surface area contributed by atoms with Gasteiger partial charge in [0, 0.05) is 12.8 Å². The first-order valence-corrected chi connectivity index (χ1v) is 34.6. The Morgan fingerprint density at radius 1 is 0.375 bits per heavy atom. The summed E-state index contributed by atoms with van der Waals surface area (Å²) < 4.78 is 22.8. The van der Waals surface area contributed by atoms with Crippen LogP contribution in [0.2, 0.25) is 0 Å². The van der Waals surface area contributed by atoms with E-state index < -0.39 is 24.3 Å². The number of aliphatic carboxylic acids is 1. The van der Waals surface area contributed by atoms with Crippen LogP contribution in [0.3, 0.4) is 0 Å². The van der Waals surface area contributed by atoms with Gasteiger partial charge in [-0.15, -0.1) is 0 Å². The molecule has 9 heteroatoms. The van der Waals surface area contributed by atoms with E-state index in [0.717, 1.165) is 44.9 Å². The maximum atomic E-state index is 12.9. The van der Waals surface area contributed by atoms with Gasteiger partial charge in [-0.25, -0.2) is 0 Å². The van der Waals surface area contributed by atoms with Crippen LogP contribution in [-0.4, -0.2) is 82.3 Å². The molecule has 0 aliphatic heterocycles. The molecule has 0 rings (SSSR count). The number of hydrogen-bond donors (Lipinski definition) is 0. The average Bonchev–Trinajstić information content (AvgIpc) is 3.43. The number of hydrogen-bond acceptors (Lipinski definition) is 8. The summed E-state index contributed by atoms with van der Waals surface area (Å²) in [6.07, 6.45) is 75.1. The smallest absolute Gasteiger partial charge is 0.306 e. The number of carboxylic acid groups (broad SMARTS) is 1. The zero-order valence-electron chi connectivity index (χ0n) is 53.7. The van der Waals surface area contributed by atoms with Gasteiger partial charge in [0.15, 0.2) is 12.4 Å². The summed E-state index contributed by atoms with van der Waals surface area (Å²) in [5.41, 5.74) is 0. The quantitative estimate of drug-likeness (QED) is 0.0195. The van der Waals surface area contributed by atoms with Crippen molar-refractivity contribution < 1.29 is 42.9 Å². The molecule has 0 fully saturated rings. The van der Waals surface area contributed by atoms with Crippen molar-refractivity contribution in [3.63, 3.8) is 0 Å². The predicted molar refractivity (Wildman–Crippen MR) is 339 cm³/mol. The van der Waals surface area contributed by atoms with Crippen molar-refractivity contribution in [2.45, 2.75) is 354 Å². The number of likely N-dealkylation sites (N-methyl/N-ethyl adjacent to an activating group) is 1. The Bertz CT molecular complexity index is 1410. The van der Waals surface area contributed by atoms with E-state index in [1.165, 1.54) is 263 Å². The summed E-state index contributed by atoms with van der Waals surface area (Å²) in [7, 11) is 5.94. The van der Waals surface area contributed by atoms with Crippen LogP contribution in [0.1, 0.15) is 341 Å². The summed E-state index contributed by atoms with van der Waals surface area (Å²) in [4.78, 5) is 37.5. The molecule has 0 spiro atoms. The van der Waals surface area contributed by atoms with E-state index in [0.29, 0.717) is 23.9 Å². The second-order valence-corrected chi connectivity index (χ2v) is 24.8. The summed E-state index contributed by atoms with van der Waals surface area (Å²) >= 11 is 0. The molecule has 80 heavy (non-hydrogen) atoms. The first-order chi connectivity index (χ1) is 39.1. The number of unbranched alkanes of at least 4 members (excludes halogenated alkanes) is 44. The van der Waals surface area contributed by atoms with Gasteiger partial charge >= 0.3 is 11.9 Å². The Kier molecular flexibility index (Phi) is 60.6. The molecule has 0 aromatic rings. The molecule has 0 bridgehead atoms. The van der Waals surface area contributed by atoms with Gasteiger partial charge in [0.2, 0.25) is 0 Å². The Hall–Kier alpha value is -2.49. The molecule has 0 N–H and O–H groups in total. The van der Waals surface area contributed by atoms with E-state index >= 15 is 0 Å². The highest BCUT2D eigenvalue weighted by Gasteiger charge is 2.22. The highest BCUT2D eigenvalue weighted by atomic mass is 16.7. The third kappa shape index (κ3) is 63.1. The van der Waals surface area contributed by atoms with Crippen LogP contribution in [0.25, 0.3) is 0 Å². The number of quaternary nitrogens is 1. The van der Waals surface area contributed by atoms with Crippen molar-refractivity contribution in [3.8, 4) is 0 Å². The topological polar surface area (TPSA) is 111 Å². The fraction of sp³-hybridized carbons (Fsp3) is 0.873. The van der Waals surface area contributed by atoms with Crippen LogP contribution in [0.15, 0.2) is 36.5 Å². The largest absolute Gasteiger partial charge is 0.545 e. The molecule has 0 saturated carbocycles. The Balaban J connectivity index is 4.09. The van der Waals surface area contributed by atoms with Crippen LogP contribution < -0.4 is 5.11 Å². The van der Waals surface area contributed by atoms with E-state index in [4.69, 9.17) is 18.9 Å². The summed E-state index contributed by atoms with van der Waals surface area (Å²) in [5, 5.41) is 11.8. The fourth-order valence-electron chi connectivity index (χ4n) is 10.3. The number of carbonyl (C=O) groups is 3. The first kappa shape index (κ1) is 77.5. The van der Waals surface area contributed by atoms with Gasteiger partial charge in [-0.05, 0) is 51.4 Å². The number of esters is 2. The van der Waals surface area contributed by atoms with Crippen LogP contribution in [-0.2, 0) is 33.3 Å². The van der Waals surface area contributed by atoms with Crippen LogP contribution in [0.5, 0.6) is 0 Å². The van der Waals surface area contributed by atoms with E-state index in [-0.39, 0.29) is 32.2 Å². The predicted octanol–water partition coefficient (Wildman–Crippen LogP) is 19.9. The van der Waals surface area contributed by atoms with E-state index in [1.54, 1.807) is 0 Å². The molecule has 470 valence electrons. The highest BCUT2D eigenvalue weighted by molar-refractivity contribution is 5.70. The van der Waals surface area contributed by atoms with Crippen molar-refractivity contribution in [3.05, 3.63) is 36.5 Å². The minimum absolute atomic E-state index is 0.150. The van der Waals surface area contributed by atoms with Crippen LogP contribution in [0.4, 0.5) is 0 Å². The molecule has 2 atom stereocenters. The molecule has 0 aromatic heterocycles. The number of allylic oxidation sites excluding steroid dienone is 6. The number of ether oxygens (including phenoxy) is 4. The van der Waals surface area contributed by atoms with Crippen molar-refractivity contribution >= 4 is 17.9 Å². The summed E-state index contributed by atoms with van der Waals surface area (Å²) in [5.74, 6) is -2.26. The van der Waals surface area contributed by atoms with Gasteiger partial charge < -0.3 is 33.3 Å². The van der Waals surface area contributed by atoms with Crippen molar-refractivity contribution in [2.24, 2.45) is 0 Å². The Morgan fingerprint density at radius 2 is 0.675 bits per heavy atom. The SMILES string of the molecule is CCCCCCC/C=C\C/C=C\C/C=C\CCCCCCCCCCCCCCCCC(=O)OC(COC(=O)CCCCCCCCCCCCCCCCCCCCCCCCCCCC)COC(OCC[N+](C)(C)C)C(=O)[O-]. The van der Waals surface area contributed by atoms with Crippen LogP contribution in [0, 0.1) is 0 Å². The second-order valence-electron chi connectivity index (χ2n) is 24.8. The fourth-order valence-corrected chi connectivity index (χ4v) is 10.3. The first-order valence-electron chi connectivity index (χ1n) is 34.6. The lowest BCUT2D eigenvalue weighted by atomic mass is 10.0. The lowest BCUT2D eigenvalue weighted by molar-refractivity contribution is -0.870. The third-order valence-corrected chi connectivity index (χ3v) is 15.6. The molecular weight excluding hydrogens is 995 g/mol. The zero-order chi connectivity index (χ0) is 58.3. The standard InChI is InChI=1S/C71H133NO8/c1-6-8-10-12-14-16-18-20-22-24-26-28-30-32-34-35-36-38-40-42-44-46-48-50-52-54-56-58-60-62-69(74)80-67(66-79-71(70(75)76)77-64-63-72(3,4)5)65-78-68(73)61-59-57-55-53-51-49-47-45-43-41-39-37-33-31-29-27-25-23-21-19-17-15-13-11-9-7-2/h18,20,24,26,30,32,67,71H,6-17,19,21-23,25,27-29,31,33-66H2,1-5H3/b20-18-,26-24-,32-30-. The second kappa shape index (κ2) is 62.6. The Labute approximate surface area is 496 Å². The molecule has 0 heterocycles. The maximum absolute atomic E-state index is 12.9. The van der Waals surface area contributed by atoms with Gasteiger partial charge in [-0.3, -0.25) is 9.59 Å². The van der Waals surface area contributed by atoms with Gasteiger partial charge in [-0.2, -0.15) is 0 Å². The molecule has 9 nitrogen and oxygen atoms in total. The van der Waals surface area contributed by atoms with E-state index in [2.05, 4.69) is 50.3 Å². The number of rotatable bonds is 65. The lowest BCUT2D eigenvalue weighted by Gasteiger charge is -2.26. The Morgan fingerprint density at radius 3 is 1.00 bits per heavy atom. The maximum Gasteiger partial charge on any atom is 0.306 e. The molecule has 0 amide bonds. The summed E-state index contributed by atoms with van der Waals surface area (Å²) in [6.45, 7) is 4.80. The number of carbonyl (C=O) groups excluding carboxylic acids is 3. The minimum atomic E-state index is -1.62. The van der Waals surface area contributed by atoms with Gasteiger partial charge in [0.05, 0.1) is 40.3 Å². The molecule has 0 aliphatic carbocycles. The van der Waals surface area contributed by atoms with Gasteiger partial charge in [-0.1, -0.05) is 314 Å². The van der Waals surface area contributed by atoms with Crippen LogP contribution >= 0.6 is 0 Å². The minimum Gasteiger partial charge on any atom is -0.545 e. The molecular formula is C71H133NO8. The normalized spacial score (nSPS) is 12.9. The molecule has 2 unspecified atom stereocenters. The molecule has 0 radical (unpaired) electrons. The zero-order valence-corrected chi connectivity index (χ0v) is 53.7. The number of carboxylic acids is 1. The van der Waals surface area contributed by atoms with E-state index in [9.17, 15) is 19.5 Å². The molecule has 0 aromatic carbocycles. The van der Waals surface area contributed by atoms with Gasteiger partial charge in [0.25, 0.3) is 0 Å². The number of nitrogens with zero attached hydrogens (tertiary/aromatic N) is 1. The highest BCUT2D eigenvalue weighted by Crippen LogP contribution is 2.18. The lowest BCUT2D eigenvalue weighted by Crippen LogP contribution is -2.44. The molecule has 0 saturated heterocycles. The molecule has 0 aliphatic rings. The summed E-state index contributed by atoms with van der Waals surface area (Å²) in [6, 6.07) is 0. The van der Waals surface area contributed by atoms with Crippen molar-refractivity contribution in [2.75, 3.05) is 47.5 Å². The average molecular weight is 1130 g/mol. The van der Waals surface area contributed by atoms with E-state index in [1.807, 2.05) is 21.1 Å². The van der Waals surface area contributed by atoms with Crippen molar-refractivity contribution in [1.82, 2.24) is 0 Å². The van der Waals surface area contributed by atoms with Crippen molar-refractivity contribution in [1.29, 1.82) is 0 Å². The van der Waals surface area contributed by atoms with Gasteiger partial charge in [0.1, 0.15) is 13.2 Å². The monoisotopic (exact) mass is 1130 g/mol.